The molecule has 5 heteroatoms. The van der Waals surface area contributed by atoms with E-state index in [0.29, 0.717) is 5.56 Å². The number of allylic oxidation sites excluding steroid dienone is 1. The summed E-state index contributed by atoms with van der Waals surface area (Å²) in [6.07, 6.45) is 6.98. The summed E-state index contributed by atoms with van der Waals surface area (Å²) in [5, 5.41) is 13.1. The van der Waals surface area contributed by atoms with Crippen molar-refractivity contribution in [3.63, 3.8) is 0 Å². The van der Waals surface area contributed by atoms with Crippen LogP contribution in [0.2, 0.25) is 0 Å². The number of aromatic nitrogens is 3. The first-order valence-electron chi connectivity index (χ1n) is 7.04. The SMILES string of the molecule is N#Cc1ccc(C(/C=C/c2ccc(F)cc2)n2cncn2)cc1. The predicted molar refractivity (Wildman–Crippen MR) is 84.8 cm³/mol. The Bertz CT molecular complexity index is 828. The zero-order valence-corrected chi connectivity index (χ0v) is 12.2. The smallest absolute Gasteiger partial charge is 0.137 e. The summed E-state index contributed by atoms with van der Waals surface area (Å²) in [7, 11) is 0. The standard InChI is InChI=1S/C18H13FN4/c19-17-8-3-14(4-9-17)5-10-18(23-13-21-12-22-23)16-6-1-15(11-20)2-7-16/h1-10,12-13,18H/b10-5+. The highest BCUT2D eigenvalue weighted by atomic mass is 19.1. The number of rotatable bonds is 4. The largest absolute Gasteiger partial charge is 0.242 e. The first-order chi connectivity index (χ1) is 11.3. The number of nitriles is 1. The Morgan fingerprint density at radius 3 is 2.43 bits per heavy atom. The predicted octanol–water partition coefficient (Wildman–Crippen LogP) is 3.59. The molecule has 1 aromatic heterocycles. The summed E-state index contributed by atoms with van der Waals surface area (Å²) in [4.78, 5) is 3.98. The first-order valence-corrected chi connectivity index (χ1v) is 7.04. The highest BCUT2D eigenvalue weighted by molar-refractivity contribution is 5.51. The van der Waals surface area contributed by atoms with Gasteiger partial charge in [-0.3, -0.25) is 0 Å². The van der Waals surface area contributed by atoms with Gasteiger partial charge in [-0.1, -0.05) is 36.4 Å². The van der Waals surface area contributed by atoms with Crippen LogP contribution in [-0.4, -0.2) is 14.8 Å². The Labute approximate surface area is 133 Å². The summed E-state index contributed by atoms with van der Waals surface area (Å²) in [5.41, 5.74) is 2.48. The van der Waals surface area contributed by atoms with Crippen molar-refractivity contribution in [2.75, 3.05) is 0 Å². The van der Waals surface area contributed by atoms with Crippen molar-refractivity contribution in [2.24, 2.45) is 0 Å². The van der Waals surface area contributed by atoms with E-state index < -0.39 is 0 Å². The molecule has 0 radical (unpaired) electrons. The quantitative estimate of drug-likeness (QED) is 0.740. The number of hydrogen-bond acceptors (Lipinski definition) is 3. The monoisotopic (exact) mass is 304 g/mol. The van der Waals surface area contributed by atoms with Gasteiger partial charge < -0.3 is 0 Å². The zero-order valence-electron chi connectivity index (χ0n) is 12.2. The van der Waals surface area contributed by atoms with Crippen molar-refractivity contribution in [1.82, 2.24) is 14.8 Å². The van der Waals surface area contributed by atoms with Crippen LogP contribution in [0.3, 0.4) is 0 Å². The molecule has 2 aromatic carbocycles. The van der Waals surface area contributed by atoms with Gasteiger partial charge in [0.05, 0.1) is 17.7 Å². The lowest BCUT2D eigenvalue weighted by Gasteiger charge is -2.13. The molecule has 0 bridgehead atoms. The molecule has 1 atom stereocenters. The summed E-state index contributed by atoms with van der Waals surface area (Å²) in [6, 6.07) is 15.5. The van der Waals surface area contributed by atoms with Crippen LogP contribution in [0, 0.1) is 17.1 Å². The molecule has 3 rings (SSSR count). The van der Waals surface area contributed by atoms with Crippen LogP contribution in [0.5, 0.6) is 0 Å². The molecule has 0 saturated carbocycles. The normalized spacial score (nSPS) is 12.2. The maximum Gasteiger partial charge on any atom is 0.137 e. The van der Waals surface area contributed by atoms with Gasteiger partial charge >= 0.3 is 0 Å². The molecule has 1 heterocycles. The minimum absolute atomic E-state index is 0.157. The minimum atomic E-state index is -0.262. The van der Waals surface area contributed by atoms with Crippen LogP contribution < -0.4 is 0 Å². The maximum absolute atomic E-state index is 13.0. The fraction of sp³-hybridized carbons (Fsp3) is 0.0556. The lowest BCUT2D eigenvalue weighted by molar-refractivity contribution is 0.611. The third-order valence-electron chi connectivity index (χ3n) is 3.44. The third-order valence-corrected chi connectivity index (χ3v) is 3.44. The number of hydrogen-bond donors (Lipinski definition) is 0. The Balaban J connectivity index is 1.92. The molecule has 0 N–H and O–H groups in total. The zero-order chi connectivity index (χ0) is 16.1. The second kappa shape index (κ2) is 6.67. The number of nitrogens with zero attached hydrogens (tertiary/aromatic N) is 4. The van der Waals surface area contributed by atoms with E-state index in [4.69, 9.17) is 5.26 Å². The fourth-order valence-corrected chi connectivity index (χ4v) is 2.24. The number of halogens is 1. The molecule has 0 amide bonds. The average molecular weight is 304 g/mol. The number of benzene rings is 2. The maximum atomic E-state index is 13.0. The summed E-state index contributed by atoms with van der Waals surface area (Å²) in [6.45, 7) is 0. The van der Waals surface area contributed by atoms with Crippen LogP contribution in [0.15, 0.2) is 67.3 Å². The topological polar surface area (TPSA) is 54.5 Å². The molecule has 0 aliphatic heterocycles. The van der Waals surface area contributed by atoms with E-state index in [1.54, 1.807) is 35.3 Å². The van der Waals surface area contributed by atoms with Crippen LogP contribution in [0.25, 0.3) is 6.08 Å². The van der Waals surface area contributed by atoms with Gasteiger partial charge in [0.15, 0.2) is 0 Å². The van der Waals surface area contributed by atoms with E-state index in [-0.39, 0.29) is 11.9 Å². The molecule has 1 unspecified atom stereocenters. The van der Waals surface area contributed by atoms with Crippen molar-refractivity contribution in [1.29, 1.82) is 5.26 Å². The van der Waals surface area contributed by atoms with E-state index in [2.05, 4.69) is 16.2 Å². The molecule has 0 aliphatic carbocycles. The third kappa shape index (κ3) is 3.50. The van der Waals surface area contributed by atoms with Crippen LogP contribution in [-0.2, 0) is 0 Å². The second-order valence-corrected chi connectivity index (χ2v) is 4.96. The molecular formula is C18H13FN4. The van der Waals surface area contributed by atoms with Gasteiger partial charge in [0.2, 0.25) is 0 Å². The highest BCUT2D eigenvalue weighted by Crippen LogP contribution is 2.20. The summed E-state index contributed by atoms with van der Waals surface area (Å²) < 4.78 is 14.7. The van der Waals surface area contributed by atoms with Crippen LogP contribution in [0.1, 0.15) is 22.7 Å². The molecule has 0 fully saturated rings. The molecule has 0 aliphatic rings. The average Bonchev–Trinajstić information content (AvgIpc) is 3.12. The van der Waals surface area contributed by atoms with Gasteiger partial charge in [-0.25, -0.2) is 14.1 Å². The van der Waals surface area contributed by atoms with Gasteiger partial charge in [0.1, 0.15) is 18.5 Å². The van der Waals surface area contributed by atoms with Crippen molar-refractivity contribution in [2.45, 2.75) is 6.04 Å². The van der Waals surface area contributed by atoms with E-state index in [0.717, 1.165) is 11.1 Å². The fourth-order valence-electron chi connectivity index (χ4n) is 2.24. The van der Waals surface area contributed by atoms with E-state index in [9.17, 15) is 4.39 Å². The molecule has 4 nitrogen and oxygen atoms in total. The van der Waals surface area contributed by atoms with Gasteiger partial charge in [0.25, 0.3) is 0 Å². The molecule has 0 saturated heterocycles. The van der Waals surface area contributed by atoms with Gasteiger partial charge in [-0.15, -0.1) is 0 Å². The van der Waals surface area contributed by atoms with Crippen molar-refractivity contribution >= 4 is 6.08 Å². The van der Waals surface area contributed by atoms with Crippen molar-refractivity contribution in [3.05, 3.63) is 89.8 Å². The lowest BCUT2D eigenvalue weighted by Crippen LogP contribution is -2.08. The molecule has 3 aromatic rings. The molecule has 23 heavy (non-hydrogen) atoms. The Morgan fingerprint density at radius 2 is 1.83 bits per heavy atom. The summed E-state index contributed by atoms with van der Waals surface area (Å²) in [5.74, 6) is -0.262. The van der Waals surface area contributed by atoms with Crippen LogP contribution in [0.4, 0.5) is 4.39 Å². The highest BCUT2D eigenvalue weighted by Gasteiger charge is 2.11. The lowest BCUT2D eigenvalue weighted by atomic mass is 10.0. The molecule has 0 spiro atoms. The van der Waals surface area contributed by atoms with E-state index >= 15 is 0 Å². The van der Waals surface area contributed by atoms with Gasteiger partial charge in [0, 0.05) is 0 Å². The van der Waals surface area contributed by atoms with Crippen molar-refractivity contribution in [3.8, 4) is 6.07 Å². The Hall–Kier alpha value is -3.26. The Kier molecular flexibility index (Phi) is 4.25. The molecule has 112 valence electrons. The first kappa shape index (κ1) is 14.7. The van der Waals surface area contributed by atoms with E-state index in [1.807, 2.05) is 24.3 Å². The molecular weight excluding hydrogens is 291 g/mol. The van der Waals surface area contributed by atoms with E-state index in [1.165, 1.54) is 18.5 Å². The van der Waals surface area contributed by atoms with Gasteiger partial charge in [-0.05, 0) is 35.4 Å². The minimum Gasteiger partial charge on any atom is -0.242 e. The summed E-state index contributed by atoms with van der Waals surface area (Å²) >= 11 is 0. The second-order valence-electron chi connectivity index (χ2n) is 4.96. The van der Waals surface area contributed by atoms with Gasteiger partial charge in [-0.2, -0.15) is 10.4 Å². The Morgan fingerprint density at radius 1 is 1.09 bits per heavy atom. The van der Waals surface area contributed by atoms with Crippen LogP contribution >= 0.6 is 0 Å². The van der Waals surface area contributed by atoms with Crippen molar-refractivity contribution < 1.29 is 4.39 Å².